The van der Waals surface area contributed by atoms with Gasteiger partial charge in [-0.25, -0.2) is 8.42 Å². The van der Waals surface area contributed by atoms with Gasteiger partial charge in [-0.2, -0.15) is 0 Å². The van der Waals surface area contributed by atoms with Crippen LogP contribution in [-0.4, -0.2) is 50.0 Å². The van der Waals surface area contributed by atoms with Gasteiger partial charge in [0.25, 0.3) is 0 Å². The maximum atomic E-state index is 14.0. The van der Waals surface area contributed by atoms with Crippen LogP contribution in [0.15, 0.2) is 77.3 Å². The predicted molar refractivity (Wildman–Crippen MR) is 161 cm³/mol. The molecule has 3 aromatic rings. The number of hydrogen-bond acceptors (Lipinski definition) is 4. The highest BCUT2D eigenvalue weighted by atomic mass is 79.9. The van der Waals surface area contributed by atoms with Gasteiger partial charge in [0.1, 0.15) is 12.6 Å². The standard InChI is InChI=1S/C28H30BrCl2N3O4S/c1-19(2)32-28(36)26(15-20-7-5-4-6-8-20)33(17-21-9-12-23(30)16-25(21)31)27(35)18-34(39(3,37)38)24-13-10-22(29)11-14-24/h4-14,16,19,26H,15,17-18H2,1-3H3,(H,32,36)/t26-/m0/s1. The van der Waals surface area contributed by atoms with Crippen LogP contribution >= 0.6 is 39.1 Å². The zero-order valence-electron chi connectivity index (χ0n) is 21.8. The Kier molecular flexibility index (Phi) is 10.8. The van der Waals surface area contributed by atoms with E-state index in [-0.39, 0.29) is 24.9 Å². The number of carbonyl (C=O) groups excluding carboxylic acids is 2. The van der Waals surface area contributed by atoms with Crippen LogP contribution in [0.25, 0.3) is 0 Å². The third kappa shape index (κ3) is 8.96. The second-order valence-corrected chi connectivity index (χ2v) is 13.0. The van der Waals surface area contributed by atoms with Crippen molar-refractivity contribution in [2.24, 2.45) is 0 Å². The summed E-state index contributed by atoms with van der Waals surface area (Å²) >= 11 is 15.9. The van der Waals surface area contributed by atoms with Gasteiger partial charge in [-0.15, -0.1) is 0 Å². The number of benzene rings is 3. The lowest BCUT2D eigenvalue weighted by atomic mass is 10.0. The van der Waals surface area contributed by atoms with Gasteiger partial charge < -0.3 is 10.2 Å². The molecule has 1 atom stereocenters. The molecule has 0 saturated carbocycles. The van der Waals surface area contributed by atoms with E-state index in [0.717, 1.165) is 20.6 Å². The van der Waals surface area contributed by atoms with Gasteiger partial charge in [-0.05, 0) is 61.4 Å². The molecule has 0 spiro atoms. The summed E-state index contributed by atoms with van der Waals surface area (Å²) in [5.74, 6) is -0.920. The minimum Gasteiger partial charge on any atom is -0.352 e. The van der Waals surface area contributed by atoms with Gasteiger partial charge >= 0.3 is 0 Å². The quantitative estimate of drug-likeness (QED) is 0.288. The molecule has 0 heterocycles. The average molecular weight is 655 g/mol. The maximum absolute atomic E-state index is 14.0. The monoisotopic (exact) mass is 653 g/mol. The highest BCUT2D eigenvalue weighted by Gasteiger charge is 2.33. The van der Waals surface area contributed by atoms with Crippen molar-refractivity contribution in [1.29, 1.82) is 0 Å². The van der Waals surface area contributed by atoms with E-state index in [1.807, 2.05) is 44.2 Å². The Bertz CT molecular complexity index is 1400. The van der Waals surface area contributed by atoms with E-state index in [4.69, 9.17) is 23.2 Å². The fraction of sp³-hybridized carbons (Fsp3) is 0.286. The average Bonchev–Trinajstić information content (AvgIpc) is 2.86. The zero-order valence-corrected chi connectivity index (χ0v) is 25.7. The van der Waals surface area contributed by atoms with E-state index in [2.05, 4.69) is 21.2 Å². The lowest BCUT2D eigenvalue weighted by Gasteiger charge is -2.34. The molecule has 208 valence electrons. The van der Waals surface area contributed by atoms with Gasteiger partial charge in [0, 0.05) is 33.5 Å². The normalized spacial score (nSPS) is 12.2. The summed E-state index contributed by atoms with van der Waals surface area (Å²) in [5, 5.41) is 3.66. The van der Waals surface area contributed by atoms with Gasteiger partial charge in [0.2, 0.25) is 21.8 Å². The molecule has 2 amide bonds. The predicted octanol–water partition coefficient (Wildman–Crippen LogP) is 5.69. The zero-order chi connectivity index (χ0) is 28.7. The van der Waals surface area contributed by atoms with Crippen LogP contribution in [0, 0.1) is 0 Å². The van der Waals surface area contributed by atoms with Crippen molar-refractivity contribution in [3.63, 3.8) is 0 Å². The van der Waals surface area contributed by atoms with Crippen LogP contribution in [0.2, 0.25) is 10.0 Å². The smallest absolute Gasteiger partial charge is 0.244 e. The van der Waals surface area contributed by atoms with E-state index in [9.17, 15) is 18.0 Å². The molecule has 11 heteroatoms. The van der Waals surface area contributed by atoms with Crippen LogP contribution in [0.5, 0.6) is 0 Å². The maximum Gasteiger partial charge on any atom is 0.244 e. The summed E-state index contributed by atoms with van der Waals surface area (Å²) in [6.07, 6.45) is 1.25. The Hall–Kier alpha value is -2.59. The van der Waals surface area contributed by atoms with Gasteiger partial charge in [0.15, 0.2) is 0 Å². The van der Waals surface area contributed by atoms with Crippen LogP contribution in [0.3, 0.4) is 0 Å². The number of hydrogen-bond donors (Lipinski definition) is 1. The molecule has 0 radical (unpaired) electrons. The molecule has 0 fully saturated rings. The summed E-state index contributed by atoms with van der Waals surface area (Å²) in [6.45, 7) is 3.12. The molecule has 39 heavy (non-hydrogen) atoms. The summed E-state index contributed by atoms with van der Waals surface area (Å²) in [7, 11) is -3.84. The Morgan fingerprint density at radius 2 is 1.62 bits per heavy atom. The van der Waals surface area contributed by atoms with Crippen molar-refractivity contribution in [3.8, 4) is 0 Å². The summed E-state index contributed by atoms with van der Waals surface area (Å²) in [6, 6.07) is 19.7. The van der Waals surface area contributed by atoms with Gasteiger partial charge in [0.05, 0.1) is 11.9 Å². The molecule has 7 nitrogen and oxygen atoms in total. The molecule has 0 saturated heterocycles. The molecule has 3 rings (SSSR count). The number of sulfonamides is 1. The van der Waals surface area contributed by atoms with Crippen molar-refractivity contribution in [2.75, 3.05) is 17.1 Å². The Morgan fingerprint density at radius 1 is 0.974 bits per heavy atom. The van der Waals surface area contributed by atoms with Crippen molar-refractivity contribution < 1.29 is 18.0 Å². The van der Waals surface area contributed by atoms with E-state index in [1.54, 1.807) is 42.5 Å². The van der Waals surface area contributed by atoms with Crippen LogP contribution in [0.4, 0.5) is 5.69 Å². The molecule has 0 aliphatic heterocycles. The molecule has 0 unspecified atom stereocenters. The number of halogens is 3. The first-order chi connectivity index (χ1) is 18.3. The second-order valence-electron chi connectivity index (χ2n) is 9.37. The number of carbonyl (C=O) groups is 2. The molecule has 0 aliphatic rings. The van der Waals surface area contributed by atoms with E-state index in [1.165, 1.54) is 4.90 Å². The van der Waals surface area contributed by atoms with Gasteiger partial charge in [-0.3, -0.25) is 13.9 Å². The Morgan fingerprint density at radius 3 is 2.18 bits per heavy atom. The first-order valence-electron chi connectivity index (χ1n) is 12.2. The van der Waals surface area contributed by atoms with Crippen LogP contribution in [-0.2, 0) is 32.6 Å². The third-order valence-electron chi connectivity index (χ3n) is 5.85. The third-order valence-corrected chi connectivity index (χ3v) is 8.11. The second kappa shape index (κ2) is 13.7. The molecule has 3 aromatic carbocycles. The first-order valence-corrected chi connectivity index (χ1v) is 15.6. The minimum atomic E-state index is -3.84. The van der Waals surface area contributed by atoms with E-state index in [0.29, 0.717) is 21.3 Å². The Labute approximate surface area is 248 Å². The highest BCUT2D eigenvalue weighted by Crippen LogP contribution is 2.26. The number of nitrogens with zero attached hydrogens (tertiary/aromatic N) is 2. The van der Waals surface area contributed by atoms with E-state index < -0.39 is 28.5 Å². The molecule has 0 bridgehead atoms. The molecular weight excluding hydrogens is 625 g/mol. The largest absolute Gasteiger partial charge is 0.352 e. The van der Waals surface area contributed by atoms with Crippen molar-refractivity contribution in [3.05, 3.63) is 98.4 Å². The number of anilines is 1. The number of rotatable bonds is 11. The molecule has 0 aliphatic carbocycles. The van der Waals surface area contributed by atoms with Crippen LogP contribution in [0.1, 0.15) is 25.0 Å². The summed E-state index contributed by atoms with van der Waals surface area (Å²) in [4.78, 5) is 28.9. The first kappa shape index (κ1) is 30.9. The fourth-order valence-electron chi connectivity index (χ4n) is 3.99. The fourth-order valence-corrected chi connectivity index (χ4v) is 5.57. The number of amides is 2. The topological polar surface area (TPSA) is 86.8 Å². The minimum absolute atomic E-state index is 0.0320. The van der Waals surface area contributed by atoms with Gasteiger partial charge in [-0.1, -0.05) is 75.5 Å². The van der Waals surface area contributed by atoms with E-state index >= 15 is 0 Å². The van der Waals surface area contributed by atoms with Crippen molar-refractivity contribution in [2.45, 2.75) is 38.9 Å². The highest BCUT2D eigenvalue weighted by molar-refractivity contribution is 9.10. The summed E-state index contributed by atoms with van der Waals surface area (Å²) < 4.78 is 27.4. The number of nitrogens with one attached hydrogen (secondary N) is 1. The lowest BCUT2D eigenvalue weighted by molar-refractivity contribution is -0.140. The lowest BCUT2D eigenvalue weighted by Crippen LogP contribution is -2.54. The Balaban J connectivity index is 2.07. The van der Waals surface area contributed by atoms with Crippen LogP contribution < -0.4 is 9.62 Å². The van der Waals surface area contributed by atoms with Crippen molar-refractivity contribution in [1.82, 2.24) is 10.2 Å². The molecular formula is C28H30BrCl2N3O4S. The molecule has 0 aromatic heterocycles. The summed E-state index contributed by atoms with van der Waals surface area (Å²) in [5.41, 5.74) is 1.73. The van der Waals surface area contributed by atoms with Crippen molar-refractivity contribution >= 4 is 66.7 Å². The molecule has 1 N–H and O–H groups in total. The SMILES string of the molecule is CC(C)NC(=O)[C@H](Cc1ccccc1)N(Cc1ccc(Cl)cc1Cl)C(=O)CN(c1ccc(Br)cc1)S(C)(=O)=O.